The highest BCUT2D eigenvalue weighted by Crippen LogP contribution is 2.59. The lowest BCUT2D eigenvalue weighted by Gasteiger charge is -2.34. The number of likely N-dealkylation sites (tertiary alicyclic amines) is 2. The molecule has 166 valence electrons. The van der Waals surface area contributed by atoms with Gasteiger partial charge < -0.3 is 0 Å². The lowest BCUT2D eigenvalue weighted by atomic mass is 9.88. The maximum Gasteiger partial charge on any atom is 0.248 e. The third-order valence-electron chi connectivity index (χ3n) is 7.21. The quantitative estimate of drug-likeness (QED) is 0.635. The molecule has 8 nitrogen and oxygen atoms in total. The van der Waals surface area contributed by atoms with Crippen LogP contribution in [0.15, 0.2) is 35.0 Å². The van der Waals surface area contributed by atoms with Crippen molar-refractivity contribution in [2.24, 2.45) is 11.8 Å². The van der Waals surface area contributed by atoms with Gasteiger partial charge in [0.25, 0.3) is 0 Å². The molecular weight excluding hydrogens is 448 g/mol. The molecule has 4 aliphatic rings. The molecule has 2 aromatic rings. The second-order valence-corrected chi connectivity index (χ2v) is 10.4. The zero-order valence-corrected chi connectivity index (χ0v) is 19.2. The van der Waals surface area contributed by atoms with Crippen LogP contribution >= 0.6 is 22.7 Å². The van der Waals surface area contributed by atoms with Gasteiger partial charge in [0.1, 0.15) is 12.1 Å². The molecule has 32 heavy (non-hydrogen) atoms. The third-order valence-corrected chi connectivity index (χ3v) is 9.10. The van der Waals surface area contributed by atoms with Gasteiger partial charge in [0.2, 0.25) is 23.6 Å². The summed E-state index contributed by atoms with van der Waals surface area (Å²) in [5, 5.41) is 7.73. The highest BCUT2D eigenvalue weighted by molar-refractivity contribution is 7.10. The average molecular weight is 471 g/mol. The van der Waals surface area contributed by atoms with Crippen LogP contribution in [0, 0.1) is 11.8 Å². The van der Waals surface area contributed by atoms with Crippen molar-refractivity contribution < 1.29 is 19.2 Å². The predicted molar refractivity (Wildman–Crippen MR) is 117 cm³/mol. The molecule has 4 saturated heterocycles. The Hall–Kier alpha value is -2.40. The summed E-state index contributed by atoms with van der Waals surface area (Å²) >= 11 is 3.03. The molecule has 4 fully saturated rings. The summed E-state index contributed by atoms with van der Waals surface area (Å²) in [4.78, 5) is 58.3. The second-order valence-electron chi connectivity index (χ2n) is 8.46. The molecule has 0 aliphatic carbocycles. The van der Waals surface area contributed by atoms with Crippen molar-refractivity contribution in [3.8, 4) is 0 Å². The summed E-state index contributed by atoms with van der Waals surface area (Å²) < 4.78 is 0. The number of hydrogen-bond donors (Lipinski definition) is 0. The van der Waals surface area contributed by atoms with Crippen molar-refractivity contribution in [1.29, 1.82) is 0 Å². The van der Waals surface area contributed by atoms with Gasteiger partial charge in [-0.1, -0.05) is 12.1 Å². The number of fused-ring (bicyclic) bond motifs is 5. The van der Waals surface area contributed by atoms with Gasteiger partial charge >= 0.3 is 0 Å². The number of hydrazine groups is 1. The van der Waals surface area contributed by atoms with Gasteiger partial charge in [-0.25, -0.2) is 10.0 Å². The van der Waals surface area contributed by atoms with Crippen LogP contribution in [0.25, 0.3) is 0 Å². The van der Waals surface area contributed by atoms with E-state index < -0.39 is 36.0 Å². The Kier molecular flexibility index (Phi) is 4.45. The van der Waals surface area contributed by atoms with Crippen molar-refractivity contribution in [3.63, 3.8) is 0 Å². The number of rotatable bonds is 4. The number of amides is 4. The van der Waals surface area contributed by atoms with Gasteiger partial charge in [-0.05, 0) is 36.7 Å². The minimum atomic E-state index is -0.706. The van der Waals surface area contributed by atoms with E-state index in [9.17, 15) is 19.2 Å². The largest absolute Gasteiger partial charge is 0.281 e. The van der Waals surface area contributed by atoms with Crippen LogP contribution in [0.5, 0.6) is 0 Å². The minimum Gasteiger partial charge on any atom is -0.281 e. The van der Waals surface area contributed by atoms with Crippen LogP contribution in [0.2, 0.25) is 0 Å². The Labute approximate surface area is 193 Å². The van der Waals surface area contributed by atoms with E-state index >= 15 is 0 Å². The summed E-state index contributed by atoms with van der Waals surface area (Å²) in [5.41, 5.74) is 0. The zero-order valence-electron chi connectivity index (χ0n) is 17.6. The number of imide groups is 2. The van der Waals surface area contributed by atoms with Gasteiger partial charge in [0, 0.05) is 22.8 Å². The van der Waals surface area contributed by atoms with Crippen LogP contribution < -0.4 is 0 Å². The molecule has 6 atom stereocenters. The summed E-state index contributed by atoms with van der Waals surface area (Å²) in [6.45, 7) is 4.23. The van der Waals surface area contributed by atoms with E-state index in [1.807, 2.05) is 45.0 Å². The molecule has 0 unspecified atom stereocenters. The molecule has 0 bridgehead atoms. The van der Waals surface area contributed by atoms with Gasteiger partial charge in [0.05, 0.1) is 23.9 Å². The Morgan fingerprint density at radius 1 is 0.656 bits per heavy atom. The van der Waals surface area contributed by atoms with Gasteiger partial charge in [-0.3, -0.25) is 29.0 Å². The SMILES string of the molecule is CCN1C(=O)[C@@H]2[C@@H](C1=O)N1[C@@H](c3cccs3)[C@H]3C(=O)N(CC)C(=O)[C@@H]3N1[C@H]2c1cccs1. The first-order valence-electron chi connectivity index (χ1n) is 10.8. The van der Waals surface area contributed by atoms with E-state index in [2.05, 4.69) is 0 Å². The summed E-state index contributed by atoms with van der Waals surface area (Å²) in [6, 6.07) is 5.44. The normalized spacial score (nSPS) is 34.7. The number of nitrogens with zero attached hydrogens (tertiary/aromatic N) is 4. The first-order valence-corrected chi connectivity index (χ1v) is 12.6. The van der Waals surface area contributed by atoms with E-state index in [1.54, 1.807) is 13.8 Å². The maximum absolute atomic E-state index is 13.5. The maximum atomic E-state index is 13.5. The number of carbonyl (C=O) groups is 4. The minimum absolute atomic E-state index is 0.194. The molecule has 6 heterocycles. The topological polar surface area (TPSA) is 81.2 Å². The smallest absolute Gasteiger partial charge is 0.248 e. The summed E-state index contributed by atoms with van der Waals surface area (Å²) in [5.74, 6) is -2.05. The molecule has 4 aliphatic heterocycles. The molecule has 0 aromatic carbocycles. The molecule has 0 radical (unpaired) electrons. The van der Waals surface area contributed by atoms with Crippen LogP contribution in [0.1, 0.15) is 35.7 Å². The number of likely N-dealkylation sites (N-methyl/N-ethyl adjacent to an activating group) is 2. The number of thiophene rings is 2. The number of carbonyl (C=O) groups excluding carboxylic acids is 4. The van der Waals surface area contributed by atoms with Crippen molar-refractivity contribution in [2.75, 3.05) is 13.1 Å². The Bertz CT molecular complexity index is 1030. The van der Waals surface area contributed by atoms with E-state index in [4.69, 9.17) is 0 Å². The van der Waals surface area contributed by atoms with Crippen LogP contribution in [0.4, 0.5) is 0 Å². The fourth-order valence-corrected chi connectivity index (χ4v) is 7.78. The van der Waals surface area contributed by atoms with E-state index in [0.29, 0.717) is 13.1 Å². The standard InChI is InChI=1S/C22H22N4O4S2/c1-3-23-19(27)13-15(11-7-5-9-31-11)26-18-14(20(28)24(4-2)22(18)30)16(12-8-6-10-32-12)25(26)17(13)21(23)29/h5-10,13-18H,3-4H2,1-2H3/t13-,14+,15-,16-,17-,18+/m0/s1. The first kappa shape index (κ1) is 20.2. The predicted octanol–water partition coefficient (Wildman–Crippen LogP) is 1.89. The molecule has 10 heteroatoms. The summed E-state index contributed by atoms with van der Waals surface area (Å²) in [7, 11) is 0. The van der Waals surface area contributed by atoms with Crippen LogP contribution in [0.3, 0.4) is 0 Å². The Balaban J connectivity index is 1.57. The fraction of sp³-hybridized carbons (Fsp3) is 0.455. The zero-order chi connectivity index (χ0) is 22.3. The van der Waals surface area contributed by atoms with E-state index in [1.165, 1.54) is 32.5 Å². The van der Waals surface area contributed by atoms with Crippen molar-refractivity contribution in [2.45, 2.75) is 38.0 Å². The molecule has 0 N–H and O–H groups in total. The first-order chi connectivity index (χ1) is 15.5. The third kappa shape index (κ3) is 2.33. The van der Waals surface area contributed by atoms with Gasteiger partial charge in [0.15, 0.2) is 0 Å². The van der Waals surface area contributed by atoms with Crippen molar-refractivity contribution in [3.05, 3.63) is 44.8 Å². The average Bonchev–Trinajstić information content (AvgIpc) is 3.58. The molecule has 0 saturated carbocycles. The van der Waals surface area contributed by atoms with E-state index in [0.717, 1.165) is 9.75 Å². The molecular formula is C22H22N4O4S2. The van der Waals surface area contributed by atoms with Gasteiger partial charge in [-0.15, -0.1) is 22.7 Å². The Morgan fingerprint density at radius 2 is 1.06 bits per heavy atom. The molecule has 0 spiro atoms. The number of hydrogen-bond acceptors (Lipinski definition) is 8. The van der Waals surface area contributed by atoms with Gasteiger partial charge in [-0.2, -0.15) is 0 Å². The lowest BCUT2D eigenvalue weighted by Crippen LogP contribution is -2.49. The van der Waals surface area contributed by atoms with E-state index in [-0.39, 0.29) is 23.6 Å². The molecule has 6 rings (SSSR count). The summed E-state index contributed by atoms with van der Waals surface area (Å²) in [6.07, 6.45) is 0. The molecule has 2 aromatic heterocycles. The highest BCUT2D eigenvalue weighted by atomic mass is 32.1. The highest BCUT2D eigenvalue weighted by Gasteiger charge is 2.73. The lowest BCUT2D eigenvalue weighted by molar-refractivity contribution is -0.152. The fourth-order valence-electron chi connectivity index (χ4n) is 6.05. The second kappa shape index (κ2) is 7.05. The van der Waals surface area contributed by atoms with Crippen molar-refractivity contribution in [1.82, 2.24) is 19.8 Å². The Morgan fingerprint density at radius 3 is 1.38 bits per heavy atom. The monoisotopic (exact) mass is 470 g/mol. The van der Waals surface area contributed by atoms with Crippen LogP contribution in [-0.4, -0.2) is 68.6 Å². The van der Waals surface area contributed by atoms with Crippen LogP contribution in [-0.2, 0) is 19.2 Å². The van der Waals surface area contributed by atoms with Crippen molar-refractivity contribution >= 4 is 46.3 Å². The molecule has 4 amide bonds.